The topological polar surface area (TPSA) is 80.0 Å². The van der Waals surface area contributed by atoms with Crippen molar-refractivity contribution in [1.82, 2.24) is 15.5 Å². The number of rotatable bonds is 6. The minimum Gasteiger partial charge on any atom is -0.361 e. The molecule has 26 heavy (non-hydrogen) atoms. The lowest BCUT2D eigenvalue weighted by Gasteiger charge is -2.05. The lowest BCUT2D eigenvalue weighted by molar-refractivity contribution is 0.251. The van der Waals surface area contributed by atoms with E-state index in [1.165, 1.54) is 23.5 Å². The summed E-state index contributed by atoms with van der Waals surface area (Å²) in [7, 11) is 0. The van der Waals surface area contributed by atoms with Crippen LogP contribution < -0.4 is 10.6 Å². The average molecular weight is 374 g/mol. The molecular weight excluding hydrogens is 355 g/mol. The number of amides is 2. The van der Waals surface area contributed by atoms with Crippen LogP contribution >= 0.6 is 11.3 Å². The monoisotopic (exact) mass is 374 g/mol. The Morgan fingerprint density at radius 3 is 2.88 bits per heavy atom. The van der Waals surface area contributed by atoms with Gasteiger partial charge in [-0.2, -0.15) is 0 Å². The number of carbonyl (C=O) groups excluding carboxylic acids is 1. The molecule has 2 aromatic heterocycles. The number of nitrogens with zero attached hydrogens (tertiary/aromatic N) is 2. The number of aromatic nitrogens is 2. The quantitative estimate of drug-likeness (QED) is 0.684. The molecule has 0 spiro atoms. The van der Waals surface area contributed by atoms with Crippen LogP contribution in [-0.4, -0.2) is 16.2 Å². The maximum Gasteiger partial charge on any atom is 0.321 e. The Balaban J connectivity index is 1.49. The van der Waals surface area contributed by atoms with Crippen molar-refractivity contribution >= 4 is 22.5 Å². The highest BCUT2D eigenvalue weighted by Crippen LogP contribution is 2.19. The van der Waals surface area contributed by atoms with E-state index in [9.17, 15) is 9.18 Å². The van der Waals surface area contributed by atoms with Gasteiger partial charge in [0, 0.05) is 17.5 Å². The maximum absolute atomic E-state index is 13.1. The summed E-state index contributed by atoms with van der Waals surface area (Å²) in [6.07, 6.45) is 1.53. The van der Waals surface area contributed by atoms with Gasteiger partial charge in [0.05, 0.1) is 11.4 Å². The molecule has 2 heterocycles. The molecular formula is C18H19FN4O2S. The van der Waals surface area contributed by atoms with Crippen molar-refractivity contribution < 1.29 is 13.7 Å². The summed E-state index contributed by atoms with van der Waals surface area (Å²) >= 11 is 1.37. The lowest BCUT2D eigenvalue weighted by atomic mass is 10.1. The van der Waals surface area contributed by atoms with E-state index >= 15 is 0 Å². The molecule has 2 N–H and O–H groups in total. The van der Waals surface area contributed by atoms with Crippen molar-refractivity contribution in [3.63, 3.8) is 0 Å². The number of carbonyl (C=O) groups is 1. The van der Waals surface area contributed by atoms with Crippen LogP contribution in [0.15, 0.2) is 34.2 Å². The highest BCUT2D eigenvalue weighted by Gasteiger charge is 2.11. The first-order chi connectivity index (χ1) is 12.5. The number of hydrogen-bond acceptors (Lipinski definition) is 5. The van der Waals surface area contributed by atoms with Crippen LogP contribution in [0.3, 0.4) is 0 Å². The van der Waals surface area contributed by atoms with Gasteiger partial charge in [0.1, 0.15) is 11.6 Å². The second-order valence-electron chi connectivity index (χ2n) is 5.88. The van der Waals surface area contributed by atoms with E-state index < -0.39 is 0 Å². The Morgan fingerprint density at radius 1 is 1.31 bits per heavy atom. The molecule has 0 aliphatic heterocycles. The first-order valence-corrected chi connectivity index (χ1v) is 9.04. The highest BCUT2D eigenvalue weighted by molar-refractivity contribution is 7.13. The molecule has 1 aromatic carbocycles. The molecule has 0 radical (unpaired) electrons. The number of thiazole rings is 1. The lowest BCUT2D eigenvalue weighted by Crippen LogP contribution is -2.28. The van der Waals surface area contributed by atoms with Crippen molar-refractivity contribution in [2.45, 2.75) is 33.2 Å². The van der Waals surface area contributed by atoms with Gasteiger partial charge in [0.2, 0.25) is 0 Å². The maximum atomic E-state index is 13.1. The molecule has 0 aliphatic carbocycles. The third kappa shape index (κ3) is 4.66. The van der Waals surface area contributed by atoms with Crippen LogP contribution in [0.1, 0.15) is 28.3 Å². The Bertz CT molecular complexity index is 887. The van der Waals surface area contributed by atoms with E-state index in [-0.39, 0.29) is 18.4 Å². The first kappa shape index (κ1) is 18.1. The van der Waals surface area contributed by atoms with E-state index in [1.54, 1.807) is 12.1 Å². The summed E-state index contributed by atoms with van der Waals surface area (Å²) < 4.78 is 18.3. The largest absolute Gasteiger partial charge is 0.361 e. The molecule has 8 heteroatoms. The van der Waals surface area contributed by atoms with Gasteiger partial charge < -0.3 is 9.84 Å². The summed E-state index contributed by atoms with van der Waals surface area (Å²) in [6, 6.07) is 5.73. The third-order valence-corrected chi connectivity index (χ3v) is 4.73. The van der Waals surface area contributed by atoms with Crippen LogP contribution in [0.25, 0.3) is 0 Å². The van der Waals surface area contributed by atoms with Crippen LogP contribution in [0.4, 0.5) is 14.3 Å². The van der Waals surface area contributed by atoms with Crippen molar-refractivity contribution in [1.29, 1.82) is 0 Å². The van der Waals surface area contributed by atoms with E-state index in [0.29, 0.717) is 10.7 Å². The third-order valence-electron chi connectivity index (χ3n) is 3.93. The van der Waals surface area contributed by atoms with E-state index in [4.69, 9.17) is 4.52 Å². The molecule has 0 unspecified atom stereocenters. The van der Waals surface area contributed by atoms with Crippen molar-refractivity contribution in [2.24, 2.45) is 0 Å². The molecule has 0 saturated carbocycles. The summed E-state index contributed by atoms with van der Waals surface area (Å²) in [6.45, 7) is 4.06. The van der Waals surface area contributed by atoms with Gasteiger partial charge in [-0.05, 0) is 44.4 Å². The molecule has 0 aliphatic rings. The second-order valence-corrected chi connectivity index (χ2v) is 6.74. The van der Waals surface area contributed by atoms with Gasteiger partial charge >= 0.3 is 6.03 Å². The van der Waals surface area contributed by atoms with Gasteiger partial charge in [0.25, 0.3) is 0 Å². The number of benzene rings is 1. The summed E-state index contributed by atoms with van der Waals surface area (Å²) in [5.74, 6) is 0.500. The standard InChI is InChI=1S/C18H19FN4O2S/c1-11-16(12(2)25-23-11)7-6-15-10-26-18(21-15)22-17(24)20-9-13-4-3-5-14(19)8-13/h3-5,8,10H,6-7,9H2,1-2H3,(H2,20,21,22,24). The number of aryl methyl sites for hydroxylation is 3. The molecule has 0 atom stereocenters. The molecule has 3 aromatic rings. The average Bonchev–Trinajstić information content (AvgIpc) is 3.18. The molecule has 0 fully saturated rings. The highest BCUT2D eigenvalue weighted by atomic mass is 32.1. The number of halogens is 1. The van der Waals surface area contributed by atoms with Crippen LogP contribution in [0, 0.1) is 19.7 Å². The minimum absolute atomic E-state index is 0.244. The number of nitrogens with one attached hydrogen (secondary N) is 2. The summed E-state index contributed by atoms with van der Waals surface area (Å²) in [5, 5.41) is 11.8. The predicted octanol–water partition coefficient (Wildman–Crippen LogP) is 3.99. The normalized spacial score (nSPS) is 10.7. The van der Waals surface area contributed by atoms with Gasteiger partial charge in [-0.15, -0.1) is 11.3 Å². The van der Waals surface area contributed by atoms with Gasteiger partial charge in [-0.25, -0.2) is 14.2 Å². The van der Waals surface area contributed by atoms with Crippen LogP contribution in [-0.2, 0) is 19.4 Å². The molecule has 2 amide bonds. The summed E-state index contributed by atoms with van der Waals surface area (Å²) in [4.78, 5) is 16.4. The van der Waals surface area contributed by atoms with E-state index in [2.05, 4.69) is 20.8 Å². The van der Waals surface area contributed by atoms with Crippen molar-refractivity contribution in [2.75, 3.05) is 5.32 Å². The fraction of sp³-hybridized carbons (Fsp3) is 0.278. The Hall–Kier alpha value is -2.74. The second kappa shape index (κ2) is 8.09. The zero-order valence-corrected chi connectivity index (χ0v) is 15.3. The van der Waals surface area contributed by atoms with Crippen LogP contribution in [0.2, 0.25) is 0 Å². The van der Waals surface area contributed by atoms with Crippen LogP contribution in [0.5, 0.6) is 0 Å². The van der Waals surface area contributed by atoms with Crippen molar-refractivity contribution in [3.8, 4) is 0 Å². The Kier molecular flexibility index (Phi) is 5.62. The Labute approximate surface area is 154 Å². The summed E-state index contributed by atoms with van der Waals surface area (Å²) in [5.41, 5.74) is 3.59. The first-order valence-electron chi connectivity index (χ1n) is 8.16. The van der Waals surface area contributed by atoms with Gasteiger partial charge in [-0.3, -0.25) is 5.32 Å². The van der Waals surface area contributed by atoms with Gasteiger partial charge in [-0.1, -0.05) is 17.3 Å². The molecule has 3 rings (SSSR count). The number of hydrogen-bond donors (Lipinski definition) is 2. The molecule has 6 nitrogen and oxygen atoms in total. The Morgan fingerprint density at radius 2 is 2.15 bits per heavy atom. The minimum atomic E-state index is -0.374. The number of urea groups is 1. The zero-order valence-electron chi connectivity index (χ0n) is 14.5. The fourth-order valence-corrected chi connectivity index (χ4v) is 3.30. The zero-order chi connectivity index (χ0) is 18.5. The predicted molar refractivity (Wildman–Crippen MR) is 97.8 cm³/mol. The molecule has 0 saturated heterocycles. The van der Waals surface area contributed by atoms with Crippen molar-refractivity contribution in [3.05, 3.63) is 63.7 Å². The number of anilines is 1. The molecule has 0 bridgehead atoms. The SMILES string of the molecule is Cc1noc(C)c1CCc1csc(NC(=O)NCc2cccc(F)c2)n1. The smallest absolute Gasteiger partial charge is 0.321 e. The van der Waals surface area contributed by atoms with E-state index in [0.717, 1.165) is 35.6 Å². The molecule has 136 valence electrons. The fourth-order valence-electron chi connectivity index (χ4n) is 2.56. The van der Waals surface area contributed by atoms with E-state index in [1.807, 2.05) is 19.2 Å². The van der Waals surface area contributed by atoms with Gasteiger partial charge in [0.15, 0.2) is 5.13 Å².